The first kappa shape index (κ1) is 14.3. The van der Waals surface area contributed by atoms with Gasteiger partial charge in [0, 0.05) is 26.2 Å². The number of carbonyl (C=O) groups excluding carboxylic acids is 1. The smallest absolute Gasteiger partial charge is 0.323 e. The van der Waals surface area contributed by atoms with Crippen LogP contribution in [0.1, 0.15) is 13.8 Å². The summed E-state index contributed by atoms with van der Waals surface area (Å²) in [7, 11) is 3.00. The summed E-state index contributed by atoms with van der Waals surface area (Å²) in [5.41, 5.74) is 5.68. The lowest BCUT2D eigenvalue weighted by molar-refractivity contribution is -0.142. The molecule has 15 heavy (non-hydrogen) atoms. The van der Waals surface area contributed by atoms with Gasteiger partial charge in [-0.3, -0.25) is 9.69 Å². The Morgan fingerprint density at radius 1 is 1.40 bits per heavy atom. The second kappa shape index (κ2) is 7.62. The molecule has 0 bridgehead atoms. The summed E-state index contributed by atoms with van der Waals surface area (Å²) in [6.07, 6.45) is 0. The minimum atomic E-state index is -0.589. The molecule has 0 fully saturated rings. The maximum Gasteiger partial charge on any atom is 0.323 e. The fourth-order valence-electron chi connectivity index (χ4n) is 1.25. The molecule has 0 radical (unpaired) electrons. The van der Waals surface area contributed by atoms with Crippen LogP contribution in [0, 0.1) is 0 Å². The molecule has 5 heteroatoms. The van der Waals surface area contributed by atoms with Crippen LogP contribution in [-0.4, -0.2) is 56.9 Å². The minimum absolute atomic E-state index is 0.329. The van der Waals surface area contributed by atoms with Crippen molar-refractivity contribution in [3.05, 3.63) is 0 Å². The van der Waals surface area contributed by atoms with Crippen molar-refractivity contribution in [1.29, 1.82) is 0 Å². The Kier molecular flexibility index (Phi) is 7.29. The number of ether oxygens (including phenoxy) is 2. The molecular weight excluding hydrogens is 196 g/mol. The third-order valence-electron chi connectivity index (χ3n) is 2.25. The summed E-state index contributed by atoms with van der Waals surface area (Å²) in [4.78, 5) is 13.2. The third-order valence-corrected chi connectivity index (χ3v) is 2.25. The van der Waals surface area contributed by atoms with Crippen LogP contribution in [0.4, 0.5) is 0 Å². The number of hydrogen-bond acceptors (Lipinski definition) is 5. The van der Waals surface area contributed by atoms with Gasteiger partial charge in [-0.15, -0.1) is 0 Å². The molecule has 5 nitrogen and oxygen atoms in total. The highest BCUT2D eigenvalue weighted by atomic mass is 16.5. The quantitative estimate of drug-likeness (QED) is 0.602. The predicted octanol–water partition coefficient (Wildman–Crippen LogP) is -0.156. The first-order valence-corrected chi connectivity index (χ1v) is 5.09. The van der Waals surface area contributed by atoms with Gasteiger partial charge in [0.15, 0.2) is 0 Å². The zero-order valence-corrected chi connectivity index (χ0v) is 10.0. The van der Waals surface area contributed by atoms with Gasteiger partial charge in [0.05, 0.1) is 13.7 Å². The van der Waals surface area contributed by atoms with Gasteiger partial charge in [-0.2, -0.15) is 0 Å². The summed E-state index contributed by atoms with van der Waals surface area (Å²) in [6, 6.07) is -0.259. The van der Waals surface area contributed by atoms with E-state index in [9.17, 15) is 4.79 Å². The first-order valence-electron chi connectivity index (χ1n) is 5.09. The molecule has 0 aliphatic rings. The van der Waals surface area contributed by atoms with Crippen LogP contribution in [0.3, 0.4) is 0 Å². The van der Waals surface area contributed by atoms with Crippen molar-refractivity contribution < 1.29 is 14.3 Å². The Hall–Kier alpha value is -0.650. The fourth-order valence-corrected chi connectivity index (χ4v) is 1.25. The molecule has 0 rings (SSSR count). The third kappa shape index (κ3) is 5.71. The molecule has 1 unspecified atom stereocenters. The Balaban J connectivity index is 4.09. The number of rotatable bonds is 7. The van der Waals surface area contributed by atoms with Crippen molar-refractivity contribution in [1.82, 2.24) is 4.90 Å². The molecule has 0 spiro atoms. The van der Waals surface area contributed by atoms with E-state index in [-0.39, 0.29) is 5.97 Å². The topological polar surface area (TPSA) is 64.8 Å². The van der Waals surface area contributed by atoms with Crippen molar-refractivity contribution in [2.75, 3.05) is 33.9 Å². The van der Waals surface area contributed by atoms with Crippen LogP contribution in [0.5, 0.6) is 0 Å². The first-order chi connectivity index (χ1) is 7.02. The van der Waals surface area contributed by atoms with Crippen molar-refractivity contribution in [2.24, 2.45) is 5.73 Å². The van der Waals surface area contributed by atoms with Crippen molar-refractivity contribution in [2.45, 2.75) is 25.9 Å². The number of carbonyl (C=O) groups is 1. The minimum Gasteiger partial charge on any atom is -0.468 e. The molecular formula is C10H22N2O3. The average molecular weight is 218 g/mol. The Bertz CT molecular complexity index is 186. The summed E-state index contributed by atoms with van der Waals surface area (Å²) in [5, 5.41) is 0. The fraction of sp³-hybridized carbons (Fsp3) is 0.900. The second-order valence-electron chi connectivity index (χ2n) is 3.71. The largest absolute Gasteiger partial charge is 0.468 e. The summed E-state index contributed by atoms with van der Waals surface area (Å²) in [6.45, 7) is 6.00. The lowest BCUT2D eigenvalue weighted by atomic mass is 10.2. The Morgan fingerprint density at radius 2 is 2.00 bits per heavy atom. The normalized spacial score (nSPS) is 13.3. The Morgan fingerprint density at radius 3 is 2.40 bits per heavy atom. The highest BCUT2D eigenvalue weighted by Crippen LogP contribution is 2.00. The summed E-state index contributed by atoms with van der Waals surface area (Å²) < 4.78 is 9.57. The molecule has 0 amide bonds. The molecule has 0 aromatic rings. The van der Waals surface area contributed by atoms with Gasteiger partial charge in [0.2, 0.25) is 0 Å². The van der Waals surface area contributed by atoms with E-state index in [2.05, 4.69) is 23.5 Å². The lowest BCUT2D eigenvalue weighted by Gasteiger charge is -2.27. The van der Waals surface area contributed by atoms with Crippen LogP contribution in [-0.2, 0) is 14.3 Å². The van der Waals surface area contributed by atoms with E-state index in [1.165, 1.54) is 7.11 Å². The molecule has 90 valence electrons. The van der Waals surface area contributed by atoms with E-state index >= 15 is 0 Å². The zero-order chi connectivity index (χ0) is 11.8. The second-order valence-corrected chi connectivity index (χ2v) is 3.71. The molecule has 0 saturated heterocycles. The van der Waals surface area contributed by atoms with E-state index in [0.29, 0.717) is 19.2 Å². The monoisotopic (exact) mass is 218 g/mol. The number of nitrogens with zero attached hydrogens (tertiary/aromatic N) is 1. The predicted molar refractivity (Wildman–Crippen MR) is 58.6 cm³/mol. The van der Waals surface area contributed by atoms with Crippen LogP contribution >= 0.6 is 0 Å². The highest BCUT2D eigenvalue weighted by Gasteiger charge is 2.19. The van der Waals surface area contributed by atoms with Gasteiger partial charge in [0.1, 0.15) is 6.04 Å². The van der Waals surface area contributed by atoms with Gasteiger partial charge >= 0.3 is 5.97 Å². The molecule has 0 aromatic heterocycles. The Labute approximate surface area is 91.5 Å². The SMILES string of the molecule is COCCN(CC(N)C(=O)OC)C(C)C. The van der Waals surface area contributed by atoms with Crippen LogP contribution < -0.4 is 5.73 Å². The van der Waals surface area contributed by atoms with Crippen molar-refractivity contribution in [3.8, 4) is 0 Å². The average Bonchev–Trinajstić information content (AvgIpc) is 2.22. The van der Waals surface area contributed by atoms with Gasteiger partial charge in [-0.25, -0.2) is 0 Å². The van der Waals surface area contributed by atoms with Gasteiger partial charge < -0.3 is 15.2 Å². The molecule has 0 aliphatic heterocycles. The maximum atomic E-state index is 11.1. The van der Waals surface area contributed by atoms with Crippen LogP contribution in [0.2, 0.25) is 0 Å². The van der Waals surface area contributed by atoms with E-state index in [0.717, 1.165) is 6.54 Å². The molecule has 0 aromatic carbocycles. The summed E-state index contributed by atoms with van der Waals surface area (Å²) in [5.74, 6) is -0.377. The van der Waals surface area contributed by atoms with E-state index in [1.54, 1.807) is 7.11 Å². The van der Waals surface area contributed by atoms with Crippen molar-refractivity contribution >= 4 is 5.97 Å². The van der Waals surface area contributed by atoms with Gasteiger partial charge in [0.25, 0.3) is 0 Å². The van der Waals surface area contributed by atoms with E-state index in [4.69, 9.17) is 10.5 Å². The standard InChI is InChI=1S/C10H22N2O3/c1-8(2)12(5-6-14-3)7-9(11)10(13)15-4/h8-9H,5-7,11H2,1-4H3. The summed E-state index contributed by atoms with van der Waals surface area (Å²) >= 11 is 0. The van der Waals surface area contributed by atoms with Crippen LogP contribution in [0.15, 0.2) is 0 Å². The number of esters is 1. The maximum absolute atomic E-state index is 11.1. The molecule has 2 N–H and O–H groups in total. The van der Waals surface area contributed by atoms with E-state index in [1.807, 2.05) is 0 Å². The zero-order valence-electron chi connectivity index (χ0n) is 10.0. The molecule has 1 atom stereocenters. The van der Waals surface area contributed by atoms with Crippen LogP contribution in [0.25, 0.3) is 0 Å². The number of nitrogens with two attached hydrogens (primary N) is 1. The molecule has 0 saturated carbocycles. The number of methoxy groups -OCH3 is 2. The van der Waals surface area contributed by atoms with E-state index < -0.39 is 6.04 Å². The molecule has 0 aliphatic carbocycles. The van der Waals surface area contributed by atoms with Gasteiger partial charge in [-0.1, -0.05) is 0 Å². The lowest BCUT2D eigenvalue weighted by Crippen LogP contribution is -2.46. The molecule has 0 heterocycles. The highest BCUT2D eigenvalue weighted by molar-refractivity contribution is 5.75. The van der Waals surface area contributed by atoms with Gasteiger partial charge in [-0.05, 0) is 13.8 Å². The van der Waals surface area contributed by atoms with Crippen molar-refractivity contribution in [3.63, 3.8) is 0 Å². The number of hydrogen-bond donors (Lipinski definition) is 1.